The number of anilines is 4. The summed E-state index contributed by atoms with van der Waals surface area (Å²) in [6.07, 6.45) is 0. The van der Waals surface area contributed by atoms with Gasteiger partial charge in [-0.25, -0.2) is 0 Å². The lowest BCUT2D eigenvalue weighted by atomic mass is 9.74. The van der Waals surface area contributed by atoms with E-state index in [1.54, 1.807) is 0 Å². The zero-order chi connectivity index (χ0) is 16.1. The van der Waals surface area contributed by atoms with E-state index >= 15 is 0 Å². The number of hydrogen-bond donors (Lipinski definition) is 2. The van der Waals surface area contributed by atoms with Gasteiger partial charge in [0.25, 0.3) is 0 Å². The fraction of sp³-hybridized carbons (Fsp3) is 0.400. The molecule has 0 atom stereocenters. The molecule has 2 N–H and O–H groups in total. The van der Waals surface area contributed by atoms with Crippen molar-refractivity contribution in [2.75, 3.05) is 10.6 Å². The Balaban J connectivity index is 2.24. The Hall–Kier alpha value is -1.96. The third kappa shape index (κ3) is 2.47. The fourth-order valence-corrected chi connectivity index (χ4v) is 3.22. The normalized spacial score (nSPS) is 13.7. The molecule has 1 heterocycles. The van der Waals surface area contributed by atoms with Crippen molar-refractivity contribution in [2.45, 2.75) is 52.4 Å². The van der Waals surface area contributed by atoms with Crippen LogP contribution in [0.2, 0.25) is 0 Å². The van der Waals surface area contributed by atoms with Gasteiger partial charge in [0, 0.05) is 0 Å². The van der Waals surface area contributed by atoms with Gasteiger partial charge in [-0.2, -0.15) is 0 Å². The van der Waals surface area contributed by atoms with Gasteiger partial charge >= 0.3 is 0 Å². The molecular formula is C20H26N2. The zero-order valence-electron chi connectivity index (χ0n) is 14.5. The SMILES string of the molecule is CC(C)(C)c1ccc2c(c1C(C)(C)C)Nc1ccccc1N2. The van der Waals surface area contributed by atoms with E-state index in [0.717, 1.165) is 17.1 Å². The molecule has 1 aliphatic heterocycles. The van der Waals surface area contributed by atoms with Crippen LogP contribution in [0, 0.1) is 0 Å². The summed E-state index contributed by atoms with van der Waals surface area (Å²) in [5.74, 6) is 0. The first-order chi connectivity index (χ1) is 10.2. The van der Waals surface area contributed by atoms with Crippen molar-refractivity contribution in [2.24, 2.45) is 0 Å². The standard InChI is InChI=1S/C20H26N2/c1-19(2,3)13-11-12-16-18(17(13)20(4,5)6)22-15-10-8-7-9-14(15)21-16/h7-12,21-22H,1-6H3. The topological polar surface area (TPSA) is 24.1 Å². The first-order valence-electron chi connectivity index (χ1n) is 7.99. The van der Waals surface area contributed by atoms with Crippen LogP contribution in [-0.2, 0) is 10.8 Å². The molecule has 2 aromatic carbocycles. The zero-order valence-corrected chi connectivity index (χ0v) is 14.5. The van der Waals surface area contributed by atoms with E-state index in [9.17, 15) is 0 Å². The molecule has 22 heavy (non-hydrogen) atoms. The van der Waals surface area contributed by atoms with Crippen molar-refractivity contribution >= 4 is 22.7 Å². The monoisotopic (exact) mass is 294 g/mol. The lowest BCUT2D eigenvalue weighted by Gasteiger charge is -2.35. The first kappa shape index (κ1) is 15.0. The Morgan fingerprint density at radius 1 is 0.636 bits per heavy atom. The first-order valence-corrected chi connectivity index (χ1v) is 7.99. The number of fused-ring (bicyclic) bond motifs is 2. The summed E-state index contributed by atoms with van der Waals surface area (Å²) >= 11 is 0. The van der Waals surface area contributed by atoms with E-state index in [1.807, 2.05) is 0 Å². The molecule has 0 unspecified atom stereocenters. The number of rotatable bonds is 0. The molecule has 0 spiro atoms. The maximum atomic E-state index is 3.67. The molecule has 116 valence electrons. The molecule has 0 aliphatic carbocycles. The lowest BCUT2D eigenvalue weighted by molar-refractivity contribution is 0.532. The molecule has 0 radical (unpaired) electrons. The van der Waals surface area contributed by atoms with Crippen molar-refractivity contribution in [1.29, 1.82) is 0 Å². The van der Waals surface area contributed by atoms with E-state index < -0.39 is 0 Å². The maximum Gasteiger partial charge on any atom is 0.0665 e. The summed E-state index contributed by atoms with van der Waals surface area (Å²) in [5.41, 5.74) is 7.68. The van der Waals surface area contributed by atoms with Crippen LogP contribution in [-0.4, -0.2) is 0 Å². The van der Waals surface area contributed by atoms with Crippen molar-refractivity contribution in [1.82, 2.24) is 0 Å². The van der Waals surface area contributed by atoms with E-state index in [-0.39, 0.29) is 10.8 Å². The lowest BCUT2D eigenvalue weighted by Crippen LogP contribution is -2.25. The summed E-state index contributed by atoms with van der Waals surface area (Å²) in [5, 5.41) is 7.23. The number of nitrogens with one attached hydrogen (secondary N) is 2. The molecule has 0 bridgehead atoms. The van der Waals surface area contributed by atoms with Crippen molar-refractivity contribution in [3.8, 4) is 0 Å². The minimum atomic E-state index is 0.0783. The average Bonchev–Trinajstić information content (AvgIpc) is 2.41. The third-order valence-corrected chi connectivity index (χ3v) is 4.22. The Morgan fingerprint density at radius 3 is 1.77 bits per heavy atom. The van der Waals surface area contributed by atoms with E-state index in [2.05, 4.69) is 88.6 Å². The van der Waals surface area contributed by atoms with Crippen LogP contribution in [0.5, 0.6) is 0 Å². The minimum Gasteiger partial charge on any atom is -0.352 e. The number of hydrogen-bond acceptors (Lipinski definition) is 2. The summed E-state index contributed by atoms with van der Waals surface area (Å²) in [4.78, 5) is 0. The van der Waals surface area contributed by atoms with Gasteiger partial charge in [-0.15, -0.1) is 0 Å². The summed E-state index contributed by atoms with van der Waals surface area (Å²) in [7, 11) is 0. The molecule has 0 fully saturated rings. The molecule has 2 aromatic rings. The quantitative estimate of drug-likeness (QED) is 0.525. The highest BCUT2D eigenvalue weighted by Crippen LogP contribution is 2.47. The molecule has 0 amide bonds. The molecule has 2 nitrogen and oxygen atoms in total. The molecule has 1 aliphatic rings. The summed E-state index contributed by atoms with van der Waals surface area (Å²) in [6, 6.07) is 12.9. The largest absolute Gasteiger partial charge is 0.352 e. The van der Waals surface area contributed by atoms with Crippen molar-refractivity contribution in [3.63, 3.8) is 0 Å². The van der Waals surface area contributed by atoms with Gasteiger partial charge < -0.3 is 10.6 Å². The van der Waals surface area contributed by atoms with Gasteiger partial charge in [0.2, 0.25) is 0 Å². The van der Waals surface area contributed by atoms with Crippen LogP contribution in [0.4, 0.5) is 22.7 Å². The van der Waals surface area contributed by atoms with Gasteiger partial charge in [-0.1, -0.05) is 59.7 Å². The Kier molecular flexibility index (Phi) is 3.24. The minimum absolute atomic E-state index is 0.0783. The molecule has 3 rings (SSSR count). The van der Waals surface area contributed by atoms with Gasteiger partial charge in [0.15, 0.2) is 0 Å². The van der Waals surface area contributed by atoms with Crippen molar-refractivity contribution in [3.05, 3.63) is 47.5 Å². The second-order valence-electron chi connectivity index (χ2n) is 8.21. The van der Waals surface area contributed by atoms with Crippen LogP contribution in [0.25, 0.3) is 0 Å². The van der Waals surface area contributed by atoms with E-state index in [0.29, 0.717) is 0 Å². The maximum absolute atomic E-state index is 3.67. The molecule has 0 saturated carbocycles. The van der Waals surface area contributed by atoms with E-state index in [1.165, 1.54) is 16.8 Å². The summed E-state index contributed by atoms with van der Waals surface area (Å²) in [6.45, 7) is 13.7. The van der Waals surface area contributed by atoms with Gasteiger partial charge in [-0.3, -0.25) is 0 Å². The molecule has 0 aromatic heterocycles. The van der Waals surface area contributed by atoms with Crippen LogP contribution >= 0.6 is 0 Å². The number of benzene rings is 2. The van der Waals surface area contributed by atoms with Crippen LogP contribution in [0.1, 0.15) is 52.7 Å². The van der Waals surface area contributed by atoms with Crippen LogP contribution < -0.4 is 10.6 Å². The highest BCUT2D eigenvalue weighted by molar-refractivity contribution is 5.92. The predicted octanol–water partition coefficient (Wildman–Crippen LogP) is 6.08. The predicted molar refractivity (Wildman–Crippen MR) is 96.8 cm³/mol. The molecule has 0 saturated heterocycles. The van der Waals surface area contributed by atoms with Gasteiger partial charge in [0.1, 0.15) is 0 Å². The molecule has 2 heteroatoms. The third-order valence-electron chi connectivity index (χ3n) is 4.22. The Morgan fingerprint density at radius 2 is 1.23 bits per heavy atom. The fourth-order valence-electron chi connectivity index (χ4n) is 3.22. The van der Waals surface area contributed by atoms with Crippen molar-refractivity contribution < 1.29 is 0 Å². The summed E-state index contributed by atoms with van der Waals surface area (Å²) < 4.78 is 0. The molecular weight excluding hydrogens is 268 g/mol. The number of para-hydroxylation sites is 2. The van der Waals surface area contributed by atoms with Gasteiger partial charge in [-0.05, 0) is 40.2 Å². The van der Waals surface area contributed by atoms with Crippen LogP contribution in [0.15, 0.2) is 36.4 Å². The highest BCUT2D eigenvalue weighted by atomic mass is 15.0. The second kappa shape index (κ2) is 4.77. The highest BCUT2D eigenvalue weighted by Gasteiger charge is 2.30. The van der Waals surface area contributed by atoms with Gasteiger partial charge in [0.05, 0.1) is 22.7 Å². The average molecular weight is 294 g/mol. The smallest absolute Gasteiger partial charge is 0.0665 e. The van der Waals surface area contributed by atoms with Crippen LogP contribution in [0.3, 0.4) is 0 Å². The van der Waals surface area contributed by atoms with E-state index in [4.69, 9.17) is 0 Å². The Bertz CT molecular complexity index is 715. The Labute approximate surface area is 134 Å². The second-order valence-corrected chi connectivity index (χ2v) is 8.21.